The number of pyridine rings is 1. The van der Waals surface area contributed by atoms with Crippen LogP contribution in [0, 0.1) is 18.8 Å². The third-order valence-electron chi connectivity index (χ3n) is 17.1. The number of nitrogens with zero attached hydrogens (tertiary/aromatic N) is 4. The van der Waals surface area contributed by atoms with Gasteiger partial charge in [-0.3, -0.25) is 0 Å². The van der Waals surface area contributed by atoms with Crippen LogP contribution in [-0.2, 0) is 53.6 Å². The number of hydrogen-bond donors (Lipinski definition) is 0. The monoisotopic (exact) mass is 1240 g/mol. The largest absolute Gasteiger partial charge is 0.509 e. The third-order valence-corrected chi connectivity index (χ3v) is 17.1. The van der Waals surface area contributed by atoms with E-state index in [0.29, 0.717) is 11.5 Å². The fraction of sp³-hybridized carbons (Fsp3) is 0.280. The molecule has 81 heavy (non-hydrogen) atoms. The summed E-state index contributed by atoms with van der Waals surface area (Å²) in [5, 5.41) is 2.22. The van der Waals surface area contributed by atoms with Crippen molar-refractivity contribution in [3.05, 3.63) is 257 Å². The predicted octanol–water partition coefficient (Wildman–Crippen LogP) is 19.8. The summed E-state index contributed by atoms with van der Waals surface area (Å²) >= 11 is 0. The number of fused-ring (bicyclic) bond motifs is 4. The maximum atomic E-state index is 7.09. The van der Waals surface area contributed by atoms with Crippen LogP contribution in [0.15, 0.2) is 188 Å². The van der Waals surface area contributed by atoms with Crippen molar-refractivity contribution in [2.24, 2.45) is 0 Å². The van der Waals surface area contributed by atoms with Crippen LogP contribution in [0.4, 0.5) is 22.7 Å². The Morgan fingerprint density at radius 3 is 1.48 bits per heavy atom. The van der Waals surface area contributed by atoms with Crippen molar-refractivity contribution in [1.29, 1.82) is 0 Å². The Bertz CT molecular complexity index is 3860. The molecule has 5 nitrogen and oxygen atoms in total. The Balaban J connectivity index is 0.00000736. The van der Waals surface area contributed by atoms with Crippen molar-refractivity contribution in [2.45, 2.75) is 136 Å². The fourth-order valence-electron chi connectivity index (χ4n) is 11.4. The van der Waals surface area contributed by atoms with Gasteiger partial charge in [0.2, 0.25) is 0 Å². The zero-order valence-electron chi connectivity index (χ0n) is 50.0. The molecule has 0 N–H and O–H groups in total. The van der Waals surface area contributed by atoms with Gasteiger partial charge in [0.25, 0.3) is 0 Å². The first kappa shape index (κ1) is 57.0. The number of aromatic nitrogens is 2. The van der Waals surface area contributed by atoms with E-state index in [1.54, 1.807) is 0 Å². The quantitative estimate of drug-likeness (QED) is 0.121. The van der Waals surface area contributed by atoms with E-state index in [4.69, 9.17) is 9.72 Å². The molecule has 0 spiro atoms. The summed E-state index contributed by atoms with van der Waals surface area (Å²) in [5.41, 5.74) is 16.1. The third kappa shape index (κ3) is 10.8. The van der Waals surface area contributed by atoms with Gasteiger partial charge < -0.3 is 19.1 Å². The van der Waals surface area contributed by atoms with E-state index in [1.807, 2.05) is 6.20 Å². The summed E-state index contributed by atoms with van der Waals surface area (Å²) in [6.45, 7) is 36.7. The molecule has 2 aromatic heterocycles. The molecule has 0 unspecified atom stereocenters. The van der Waals surface area contributed by atoms with Gasteiger partial charge in [-0.1, -0.05) is 225 Å². The van der Waals surface area contributed by atoms with E-state index in [0.717, 1.165) is 55.9 Å². The molecule has 0 saturated carbocycles. The zero-order valence-corrected chi connectivity index (χ0v) is 52.3. The van der Waals surface area contributed by atoms with Gasteiger partial charge >= 0.3 is 0 Å². The van der Waals surface area contributed by atoms with Gasteiger partial charge in [-0.2, -0.15) is 6.07 Å². The van der Waals surface area contributed by atoms with Gasteiger partial charge in [-0.25, -0.2) is 4.98 Å². The standard InChI is InChI=1S/C75H77N4O.Pt/c1-70(2,3)53-31-36-66-68(45-53)78(49-77(66)59-41-57(74(12,13)51-27-21-17-22-28-51)39-58(42-59)75(14,15)52-29-23-18-24-30-52)60-40-56(72(7,8)9)43-62(47-60)80-61-33-34-63-64-44-55(73(10,11)50-25-19-16-20-26-50)32-35-65(64)79(67(63)48-61)69-46-54(37-38-76-69)71(4,5)6;/h16-46,49H,1-15H3;/q-3;. The minimum Gasteiger partial charge on any atom is -0.509 e. The summed E-state index contributed by atoms with van der Waals surface area (Å²) in [7, 11) is 0. The molecular weight excluding hydrogens is 1170 g/mol. The molecule has 0 bridgehead atoms. The number of ether oxygens (including phenoxy) is 1. The van der Waals surface area contributed by atoms with E-state index in [2.05, 4.69) is 319 Å². The minimum atomic E-state index is -0.290. The van der Waals surface area contributed by atoms with Crippen LogP contribution in [-0.4, -0.2) is 9.55 Å². The molecule has 8 aromatic carbocycles. The van der Waals surface area contributed by atoms with Gasteiger partial charge in [-0.15, -0.1) is 53.6 Å². The van der Waals surface area contributed by atoms with Crippen molar-refractivity contribution in [2.75, 3.05) is 9.80 Å². The molecule has 11 rings (SSSR count). The number of anilines is 4. The second-order valence-corrected chi connectivity index (χ2v) is 26.8. The second kappa shape index (κ2) is 21.0. The van der Waals surface area contributed by atoms with Crippen LogP contribution < -0.4 is 14.5 Å². The van der Waals surface area contributed by atoms with Crippen LogP contribution in [0.5, 0.6) is 11.5 Å². The predicted molar refractivity (Wildman–Crippen MR) is 336 cm³/mol. The van der Waals surface area contributed by atoms with Crippen molar-refractivity contribution in [3.63, 3.8) is 0 Å². The van der Waals surface area contributed by atoms with Crippen LogP contribution >= 0.6 is 0 Å². The molecule has 1 aliphatic rings. The molecule has 416 valence electrons. The smallest absolute Gasteiger partial charge is 0.135 e. The molecule has 3 heterocycles. The van der Waals surface area contributed by atoms with Crippen molar-refractivity contribution >= 4 is 44.6 Å². The average molecular weight is 1250 g/mol. The first-order valence-electron chi connectivity index (χ1n) is 28.4. The Morgan fingerprint density at radius 1 is 0.395 bits per heavy atom. The van der Waals surface area contributed by atoms with Crippen LogP contribution in [0.2, 0.25) is 0 Å². The second-order valence-electron chi connectivity index (χ2n) is 26.8. The first-order valence-corrected chi connectivity index (χ1v) is 28.4. The van der Waals surface area contributed by atoms with Gasteiger partial charge in [0.05, 0.1) is 0 Å². The normalized spacial score (nSPS) is 13.4. The van der Waals surface area contributed by atoms with Crippen LogP contribution in [0.3, 0.4) is 0 Å². The Kier molecular flexibility index (Phi) is 14.8. The molecule has 6 heteroatoms. The Labute approximate surface area is 497 Å². The molecule has 0 atom stereocenters. The van der Waals surface area contributed by atoms with Crippen molar-refractivity contribution in [3.8, 4) is 17.3 Å². The molecule has 0 amide bonds. The van der Waals surface area contributed by atoms with E-state index >= 15 is 0 Å². The molecule has 0 aliphatic carbocycles. The summed E-state index contributed by atoms with van der Waals surface area (Å²) in [5.74, 6) is 2.06. The summed E-state index contributed by atoms with van der Waals surface area (Å²) < 4.78 is 9.35. The Morgan fingerprint density at radius 2 is 0.926 bits per heavy atom. The minimum absolute atomic E-state index is 0. The zero-order chi connectivity index (χ0) is 56.7. The van der Waals surface area contributed by atoms with Crippen molar-refractivity contribution in [1.82, 2.24) is 9.55 Å². The van der Waals surface area contributed by atoms with Gasteiger partial charge in [0.1, 0.15) is 5.82 Å². The van der Waals surface area contributed by atoms with E-state index in [1.165, 1.54) is 44.5 Å². The number of benzene rings is 8. The van der Waals surface area contributed by atoms with Gasteiger partial charge in [0.15, 0.2) is 0 Å². The van der Waals surface area contributed by atoms with E-state index < -0.39 is 0 Å². The summed E-state index contributed by atoms with van der Waals surface area (Å²) in [6, 6.07) is 74.3. The van der Waals surface area contributed by atoms with Crippen molar-refractivity contribution < 1.29 is 25.8 Å². The molecule has 10 aromatic rings. The van der Waals surface area contributed by atoms with Gasteiger partial charge in [-0.05, 0) is 109 Å². The molecule has 0 saturated heterocycles. The maximum Gasteiger partial charge on any atom is 0.135 e. The maximum absolute atomic E-state index is 7.09. The molecule has 1 aliphatic heterocycles. The van der Waals surface area contributed by atoms with Gasteiger partial charge in [0, 0.05) is 77.6 Å². The van der Waals surface area contributed by atoms with E-state index in [-0.39, 0.29) is 53.6 Å². The summed E-state index contributed by atoms with van der Waals surface area (Å²) in [4.78, 5) is 9.73. The molecular formula is C75H77N4OPt-3. The first-order chi connectivity index (χ1) is 37.8. The molecule has 0 radical (unpaired) electrons. The molecule has 0 fully saturated rings. The SMILES string of the molecule is CC(C)(C)c1cc(Oc2[c-]c3c(cc2)c2cc(C(C)(C)c4ccccc4)ccc2n3-c2cc(C(C)(C)C)ccn2)[c-]c(N2[CH-]N(c3cc(C(C)(C)c4ccccc4)cc(C(C)(C)c4ccccc4)c3)c3ccc(C(C)(C)C)cc32)c1.[Pt]. The Hall–Kier alpha value is -7.20. The summed E-state index contributed by atoms with van der Waals surface area (Å²) in [6.07, 6.45) is 1.93. The number of hydrogen-bond acceptors (Lipinski definition) is 4. The number of rotatable bonds is 11. The van der Waals surface area contributed by atoms with Crippen LogP contribution in [0.25, 0.3) is 27.6 Å². The fourth-order valence-corrected chi connectivity index (χ4v) is 11.4. The van der Waals surface area contributed by atoms with Crippen LogP contribution in [0.1, 0.15) is 154 Å². The average Bonchev–Trinajstić information content (AvgIpc) is 4.00. The van der Waals surface area contributed by atoms with E-state index in [9.17, 15) is 0 Å². The topological polar surface area (TPSA) is 33.5 Å².